The Labute approximate surface area is 196 Å². The quantitative estimate of drug-likeness (QED) is 0.505. The van der Waals surface area contributed by atoms with E-state index in [9.17, 15) is 14.4 Å². The Morgan fingerprint density at radius 2 is 1.67 bits per heavy atom. The van der Waals surface area contributed by atoms with Crippen molar-refractivity contribution in [2.24, 2.45) is 0 Å². The molecule has 0 unspecified atom stereocenters. The number of nitrogens with one attached hydrogen (secondary N) is 3. The van der Waals surface area contributed by atoms with Crippen molar-refractivity contribution in [3.05, 3.63) is 83.4 Å². The monoisotopic (exact) mass is 462 g/mol. The highest BCUT2D eigenvalue weighted by molar-refractivity contribution is 6.30. The van der Waals surface area contributed by atoms with Crippen molar-refractivity contribution < 1.29 is 14.4 Å². The molecule has 0 fully saturated rings. The molecule has 0 spiro atoms. The number of benzene rings is 3. The second-order valence-corrected chi connectivity index (χ2v) is 8.25. The van der Waals surface area contributed by atoms with Crippen LogP contribution in [0.15, 0.2) is 72.8 Å². The van der Waals surface area contributed by atoms with Crippen molar-refractivity contribution >= 4 is 52.1 Å². The first-order valence-electron chi connectivity index (χ1n) is 10.5. The molecule has 0 aromatic heterocycles. The number of halogens is 1. The maximum atomic E-state index is 13.2. The van der Waals surface area contributed by atoms with Gasteiger partial charge in [-0.3, -0.25) is 19.3 Å². The average Bonchev–Trinajstić information content (AvgIpc) is 2.78. The van der Waals surface area contributed by atoms with Gasteiger partial charge in [-0.15, -0.1) is 0 Å². The summed E-state index contributed by atoms with van der Waals surface area (Å²) in [4.78, 5) is 40.0. The average molecular weight is 463 g/mol. The van der Waals surface area contributed by atoms with Crippen LogP contribution >= 0.6 is 11.6 Å². The molecule has 1 atom stereocenters. The van der Waals surface area contributed by atoms with Gasteiger partial charge < -0.3 is 16.0 Å². The van der Waals surface area contributed by atoms with Gasteiger partial charge in [0.2, 0.25) is 11.8 Å². The Kier molecular flexibility index (Phi) is 6.60. The molecule has 0 saturated carbocycles. The molecule has 3 N–H and O–H groups in total. The second kappa shape index (κ2) is 9.75. The number of hydrogen-bond donors (Lipinski definition) is 3. The number of carbonyl (C=O) groups is 3. The summed E-state index contributed by atoms with van der Waals surface area (Å²) in [6.45, 7) is 1.77. The largest absolute Gasteiger partial charge is 0.372 e. The molecule has 3 aromatic carbocycles. The van der Waals surface area contributed by atoms with E-state index in [0.717, 1.165) is 5.56 Å². The summed E-state index contributed by atoms with van der Waals surface area (Å²) >= 11 is 5.98. The summed E-state index contributed by atoms with van der Waals surface area (Å²) in [7, 11) is 0. The lowest BCUT2D eigenvalue weighted by Gasteiger charge is -2.34. The smallest absolute Gasteiger partial charge is 0.250 e. The Morgan fingerprint density at radius 1 is 0.939 bits per heavy atom. The van der Waals surface area contributed by atoms with Crippen molar-refractivity contribution in [3.63, 3.8) is 0 Å². The van der Waals surface area contributed by atoms with Crippen molar-refractivity contribution in [2.45, 2.75) is 19.4 Å². The van der Waals surface area contributed by atoms with E-state index in [4.69, 9.17) is 11.6 Å². The first-order valence-corrected chi connectivity index (χ1v) is 10.9. The molecule has 1 aliphatic rings. The SMILES string of the molecule is Cc1ccc(NC(=O)C[C@H]2Nc3ccccc3N(CC(=O)Nc3cccc(Cl)c3)C2=O)cc1. The molecule has 0 bridgehead atoms. The van der Waals surface area contributed by atoms with Crippen LogP contribution in [0, 0.1) is 6.92 Å². The van der Waals surface area contributed by atoms with Crippen LogP contribution in [0.25, 0.3) is 0 Å². The van der Waals surface area contributed by atoms with Gasteiger partial charge in [0.15, 0.2) is 0 Å². The minimum atomic E-state index is -0.802. The van der Waals surface area contributed by atoms with Crippen LogP contribution < -0.4 is 20.9 Å². The molecule has 0 aliphatic carbocycles. The Bertz CT molecular complexity index is 1200. The Hall–Kier alpha value is -3.84. The third-order valence-electron chi connectivity index (χ3n) is 5.22. The highest BCUT2D eigenvalue weighted by Gasteiger charge is 2.34. The number of hydrogen-bond acceptors (Lipinski definition) is 4. The first-order chi connectivity index (χ1) is 15.9. The molecule has 1 heterocycles. The number of amides is 3. The molecule has 4 rings (SSSR count). The highest BCUT2D eigenvalue weighted by atomic mass is 35.5. The minimum absolute atomic E-state index is 0.0759. The van der Waals surface area contributed by atoms with Crippen molar-refractivity contribution in [2.75, 3.05) is 27.4 Å². The molecular weight excluding hydrogens is 440 g/mol. The van der Waals surface area contributed by atoms with Crippen LogP contribution in [0.3, 0.4) is 0 Å². The van der Waals surface area contributed by atoms with Gasteiger partial charge in [-0.1, -0.05) is 47.5 Å². The van der Waals surface area contributed by atoms with Crippen molar-refractivity contribution in [1.29, 1.82) is 0 Å². The number of aryl methyl sites for hydroxylation is 1. The van der Waals surface area contributed by atoms with E-state index in [2.05, 4.69) is 16.0 Å². The predicted molar refractivity (Wildman–Crippen MR) is 131 cm³/mol. The first kappa shape index (κ1) is 22.4. The van der Waals surface area contributed by atoms with Crippen LogP contribution in [-0.2, 0) is 14.4 Å². The van der Waals surface area contributed by atoms with Gasteiger partial charge >= 0.3 is 0 Å². The summed E-state index contributed by atoms with van der Waals surface area (Å²) in [5.41, 5.74) is 3.55. The second-order valence-electron chi connectivity index (χ2n) is 7.82. The summed E-state index contributed by atoms with van der Waals surface area (Å²) in [5, 5.41) is 9.20. The molecular formula is C25H23ClN4O3. The van der Waals surface area contributed by atoms with Gasteiger partial charge in [-0.2, -0.15) is 0 Å². The van der Waals surface area contributed by atoms with Crippen LogP contribution in [0.4, 0.5) is 22.7 Å². The molecule has 33 heavy (non-hydrogen) atoms. The van der Waals surface area contributed by atoms with Gasteiger partial charge in [-0.25, -0.2) is 0 Å². The molecule has 8 heteroatoms. The van der Waals surface area contributed by atoms with Crippen molar-refractivity contribution in [3.8, 4) is 0 Å². The van der Waals surface area contributed by atoms with Crippen LogP contribution in [0.1, 0.15) is 12.0 Å². The summed E-state index contributed by atoms with van der Waals surface area (Å²) in [5.74, 6) is -1.02. The zero-order valence-electron chi connectivity index (χ0n) is 18.0. The zero-order valence-corrected chi connectivity index (χ0v) is 18.7. The van der Waals surface area contributed by atoms with Crippen molar-refractivity contribution in [1.82, 2.24) is 0 Å². The number of nitrogens with zero attached hydrogens (tertiary/aromatic N) is 1. The lowest BCUT2D eigenvalue weighted by atomic mass is 10.1. The summed E-state index contributed by atoms with van der Waals surface area (Å²) < 4.78 is 0. The predicted octanol–water partition coefficient (Wildman–Crippen LogP) is 4.44. The molecule has 1 aliphatic heterocycles. The molecule has 7 nitrogen and oxygen atoms in total. The normalized spacial score (nSPS) is 14.8. The summed E-state index contributed by atoms with van der Waals surface area (Å²) in [6.07, 6.45) is -0.0759. The lowest BCUT2D eigenvalue weighted by molar-refractivity contribution is -0.124. The van der Waals surface area contributed by atoms with E-state index in [1.165, 1.54) is 4.90 Å². The zero-order chi connectivity index (χ0) is 23.4. The van der Waals surface area contributed by atoms with E-state index in [0.29, 0.717) is 27.8 Å². The van der Waals surface area contributed by atoms with E-state index >= 15 is 0 Å². The minimum Gasteiger partial charge on any atom is -0.372 e. The fraction of sp³-hybridized carbons (Fsp3) is 0.160. The number of rotatable bonds is 6. The van der Waals surface area contributed by atoms with Gasteiger partial charge in [0.1, 0.15) is 12.6 Å². The number of anilines is 4. The number of para-hydroxylation sites is 2. The van der Waals surface area contributed by atoms with Gasteiger partial charge in [-0.05, 0) is 49.4 Å². The number of fused-ring (bicyclic) bond motifs is 1. The van der Waals surface area contributed by atoms with Crippen LogP contribution in [0.5, 0.6) is 0 Å². The Morgan fingerprint density at radius 3 is 2.42 bits per heavy atom. The maximum Gasteiger partial charge on any atom is 0.250 e. The molecule has 0 radical (unpaired) electrons. The standard InChI is InChI=1S/C25H23ClN4O3/c1-16-9-11-18(12-10-16)27-23(31)14-21-25(33)30(22-8-3-2-7-20(22)29-21)15-24(32)28-19-6-4-5-17(26)13-19/h2-13,21,29H,14-15H2,1H3,(H,27,31)(H,28,32)/t21-/m1/s1. The molecule has 0 saturated heterocycles. The fourth-order valence-electron chi connectivity index (χ4n) is 3.63. The van der Waals surface area contributed by atoms with E-state index in [-0.39, 0.29) is 30.7 Å². The van der Waals surface area contributed by atoms with Gasteiger partial charge in [0.25, 0.3) is 5.91 Å². The topological polar surface area (TPSA) is 90.5 Å². The third-order valence-corrected chi connectivity index (χ3v) is 5.46. The van der Waals surface area contributed by atoms with E-state index in [1.54, 1.807) is 36.4 Å². The number of carbonyl (C=O) groups excluding carboxylic acids is 3. The molecule has 3 aromatic rings. The van der Waals surface area contributed by atoms with E-state index < -0.39 is 6.04 Å². The van der Waals surface area contributed by atoms with Gasteiger partial charge in [0.05, 0.1) is 17.8 Å². The molecule has 168 valence electrons. The molecule has 3 amide bonds. The van der Waals surface area contributed by atoms with Gasteiger partial charge in [0, 0.05) is 16.4 Å². The van der Waals surface area contributed by atoms with E-state index in [1.807, 2.05) is 43.3 Å². The lowest BCUT2D eigenvalue weighted by Crippen LogP contribution is -2.50. The fourth-order valence-corrected chi connectivity index (χ4v) is 3.82. The van der Waals surface area contributed by atoms with Crippen LogP contribution in [-0.4, -0.2) is 30.3 Å². The Balaban J connectivity index is 1.48. The third kappa shape index (κ3) is 5.51. The highest BCUT2D eigenvalue weighted by Crippen LogP contribution is 2.32. The maximum absolute atomic E-state index is 13.2. The summed E-state index contributed by atoms with van der Waals surface area (Å²) in [6, 6.07) is 20.6. The van der Waals surface area contributed by atoms with Crippen LogP contribution in [0.2, 0.25) is 5.02 Å².